The predicted molar refractivity (Wildman–Crippen MR) is 57.4 cm³/mol. The lowest BCUT2D eigenvalue weighted by atomic mass is 10.1. The first kappa shape index (κ1) is 13.4. The second-order valence-corrected chi connectivity index (χ2v) is 5.37. The summed E-state index contributed by atoms with van der Waals surface area (Å²) < 4.78 is 41.4. The van der Waals surface area contributed by atoms with Gasteiger partial charge in [0.2, 0.25) is 0 Å². The molecule has 1 aromatic carbocycles. The molecule has 0 amide bonds. The van der Waals surface area contributed by atoms with Gasteiger partial charge >= 0.3 is 5.97 Å². The van der Waals surface area contributed by atoms with Crippen molar-refractivity contribution in [2.75, 3.05) is 13.4 Å². The molecule has 94 valence electrons. The number of rotatable bonds is 4. The first-order valence-electron chi connectivity index (χ1n) is 4.54. The molecule has 0 aliphatic carbocycles. The van der Waals surface area contributed by atoms with Gasteiger partial charge < -0.3 is 9.84 Å². The van der Waals surface area contributed by atoms with Gasteiger partial charge in [-0.2, -0.15) is 0 Å². The summed E-state index contributed by atoms with van der Waals surface area (Å²) in [6.07, 6.45) is 0.247. The van der Waals surface area contributed by atoms with E-state index in [4.69, 9.17) is 9.84 Å². The molecule has 0 aromatic heterocycles. The largest absolute Gasteiger partial charge is 0.495 e. The lowest BCUT2D eigenvalue weighted by Gasteiger charge is -2.10. The normalized spacial score (nSPS) is 11.2. The first-order valence-corrected chi connectivity index (χ1v) is 6.43. The second kappa shape index (κ2) is 4.70. The Morgan fingerprint density at radius 1 is 1.47 bits per heavy atom. The van der Waals surface area contributed by atoms with Crippen LogP contribution in [-0.4, -0.2) is 32.9 Å². The number of carboxylic acid groups (broad SMARTS) is 1. The molecular formula is C10H11FO5S. The minimum absolute atomic E-state index is 0.140. The molecule has 0 atom stereocenters. The van der Waals surface area contributed by atoms with E-state index in [9.17, 15) is 17.6 Å². The maximum atomic E-state index is 13.9. The van der Waals surface area contributed by atoms with Crippen molar-refractivity contribution in [3.63, 3.8) is 0 Å². The molecule has 1 rings (SSSR count). The van der Waals surface area contributed by atoms with Gasteiger partial charge in [-0.05, 0) is 6.07 Å². The number of sulfone groups is 1. The van der Waals surface area contributed by atoms with Gasteiger partial charge in [0.1, 0.15) is 16.5 Å². The number of ether oxygens (including phenoxy) is 1. The van der Waals surface area contributed by atoms with Crippen LogP contribution in [0, 0.1) is 5.82 Å². The standard InChI is InChI=1S/C10H11FO5S/c1-16-7-4-3-6(5-8(12)13)9(11)10(7)17(2,14)15/h3-4H,5H2,1-2H3,(H,12,13). The second-order valence-electron chi connectivity index (χ2n) is 3.41. The third kappa shape index (κ3) is 2.94. The number of carboxylic acids is 1. The molecule has 0 fully saturated rings. The van der Waals surface area contributed by atoms with Crippen LogP contribution in [0.5, 0.6) is 5.75 Å². The number of methoxy groups -OCH3 is 1. The van der Waals surface area contributed by atoms with E-state index in [-0.39, 0.29) is 11.3 Å². The minimum atomic E-state index is -3.83. The van der Waals surface area contributed by atoms with Crippen molar-refractivity contribution in [3.05, 3.63) is 23.5 Å². The lowest BCUT2D eigenvalue weighted by Crippen LogP contribution is -2.09. The number of halogens is 1. The Morgan fingerprint density at radius 2 is 2.06 bits per heavy atom. The number of benzene rings is 1. The van der Waals surface area contributed by atoms with Crippen molar-refractivity contribution in [2.24, 2.45) is 0 Å². The molecule has 0 spiro atoms. The minimum Gasteiger partial charge on any atom is -0.495 e. The van der Waals surface area contributed by atoms with Gasteiger partial charge in [0.05, 0.1) is 13.5 Å². The van der Waals surface area contributed by atoms with Crippen molar-refractivity contribution < 1.29 is 27.4 Å². The summed E-state index contributed by atoms with van der Waals surface area (Å²) in [5.41, 5.74) is -0.196. The van der Waals surface area contributed by atoms with E-state index in [0.29, 0.717) is 0 Å². The summed E-state index contributed by atoms with van der Waals surface area (Å²) >= 11 is 0. The monoisotopic (exact) mass is 262 g/mol. The van der Waals surface area contributed by atoms with Crippen LogP contribution < -0.4 is 4.74 Å². The topological polar surface area (TPSA) is 80.7 Å². The SMILES string of the molecule is COc1ccc(CC(=O)O)c(F)c1S(C)(=O)=O. The fourth-order valence-corrected chi connectivity index (χ4v) is 2.36. The molecule has 0 bridgehead atoms. The van der Waals surface area contributed by atoms with E-state index < -0.39 is 32.9 Å². The van der Waals surface area contributed by atoms with E-state index in [1.165, 1.54) is 19.2 Å². The highest BCUT2D eigenvalue weighted by Crippen LogP contribution is 2.29. The Kier molecular flexibility index (Phi) is 3.72. The van der Waals surface area contributed by atoms with Gasteiger partial charge in [0.15, 0.2) is 9.84 Å². The van der Waals surface area contributed by atoms with E-state index in [2.05, 4.69) is 0 Å². The molecule has 5 nitrogen and oxygen atoms in total. The lowest BCUT2D eigenvalue weighted by molar-refractivity contribution is -0.136. The van der Waals surface area contributed by atoms with Crippen molar-refractivity contribution in [1.82, 2.24) is 0 Å². The molecule has 0 aliphatic heterocycles. The van der Waals surface area contributed by atoms with E-state index in [1.807, 2.05) is 0 Å². The molecule has 17 heavy (non-hydrogen) atoms. The summed E-state index contributed by atoms with van der Waals surface area (Å²) in [5, 5.41) is 8.56. The maximum absolute atomic E-state index is 13.9. The van der Waals surface area contributed by atoms with Crippen LogP contribution in [0.1, 0.15) is 5.56 Å². The van der Waals surface area contributed by atoms with Gasteiger partial charge in [-0.25, -0.2) is 12.8 Å². The number of aliphatic carboxylic acids is 1. The summed E-state index contributed by atoms with van der Waals surface area (Å²) in [6, 6.07) is 2.43. The summed E-state index contributed by atoms with van der Waals surface area (Å²) in [4.78, 5) is 9.88. The van der Waals surface area contributed by atoms with E-state index in [1.54, 1.807) is 0 Å². The number of hydrogen-bond acceptors (Lipinski definition) is 4. The number of hydrogen-bond donors (Lipinski definition) is 1. The third-order valence-electron chi connectivity index (χ3n) is 2.07. The van der Waals surface area contributed by atoms with Crippen LogP contribution in [-0.2, 0) is 21.1 Å². The van der Waals surface area contributed by atoms with Crippen LogP contribution in [0.3, 0.4) is 0 Å². The molecule has 0 aliphatic rings. The van der Waals surface area contributed by atoms with Gasteiger partial charge in [-0.3, -0.25) is 4.79 Å². The molecule has 0 saturated carbocycles. The summed E-state index contributed by atoms with van der Waals surface area (Å²) in [5.74, 6) is -2.46. The molecule has 0 radical (unpaired) electrons. The average Bonchev–Trinajstić information content (AvgIpc) is 2.18. The van der Waals surface area contributed by atoms with Crippen LogP contribution >= 0.6 is 0 Å². The van der Waals surface area contributed by atoms with Gasteiger partial charge in [0, 0.05) is 11.8 Å². The Labute approximate surface area is 97.8 Å². The van der Waals surface area contributed by atoms with Gasteiger partial charge in [-0.15, -0.1) is 0 Å². The smallest absolute Gasteiger partial charge is 0.307 e. The fraction of sp³-hybridized carbons (Fsp3) is 0.300. The zero-order valence-electron chi connectivity index (χ0n) is 9.23. The van der Waals surface area contributed by atoms with Crippen molar-refractivity contribution in [3.8, 4) is 5.75 Å². The molecule has 7 heteroatoms. The predicted octanol–water partition coefficient (Wildman–Crippen LogP) is 0.865. The Balaban J connectivity index is 3.49. The molecule has 1 N–H and O–H groups in total. The molecular weight excluding hydrogens is 251 g/mol. The first-order chi connectivity index (χ1) is 7.77. The van der Waals surface area contributed by atoms with Crippen LogP contribution in [0.25, 0.3) is 0 Å². The number of carbonyl (C=O) groups is 1. The average molecular weight is 262 g/mol. The quantitative estimate of drug-likeness (QED) is 0.870. The Hall–Kier alpha value is -1.63. The highest BCUT2D eigenvalue weighted by atomic mass is 32.2. The molecule has 0 unspecified atom stereocenters. The summed E-state index contributed by atoms with van der Waals surface area (Å²) in [6.45, 7) is 0. The Morgan fingerprint density at radius 3 is 2.47 bits per heavy atom. The highest BCUT2D eigenvalue weighted by Gasteiger charge is 2.23. The highest BCUT2D eigenvalue weighted by molar-refractivity contribution is 7.90. The van der Waals surface area contributed by atoms with Crippen molar-refractivity contribution in [1.29, 1.82) is 0 Å². The van der Waals surface area contributed by atoms with Crippen LogP contribution in [0.15, 0.2) is 17.0 Å². The fourth-order valence-electron chi connectivity index (χ4n) is 1.38. The van der Waals surface area contributed by atoms with Crippen molar-refractivity contribution in [2.45, 2.75) is 11.3 Å². The molecule has 1 aromatic rings. The van der Waals surface area contributed by atoms with E-state index >= 15 is 0 Å². The summed E-state index contributed by atoms with van der Waals surface area (Å²) in [7, 11) is -2.62. The molecule has 0 saturated heterocycles. The van der Waals surface area contributed by atoms with Gasteiger partial charge in [0.25, 0.3) is 0 Å². The van der Waals surface area contributed by atoms with Crippen LogP contribution in [0.2, 0.25) is 0 Å². The Bertz CT molecular complexity index is 550. The molecule has 0 heterocycles. The van der Waals surface area contributed by atoms with Crippen LogP contribution in [0.4, 0.5) is 4.39 Å². The van der Waals surface area contributed by atoms with E-state index in [0.717, 1.165) is 6.26 Å². The van der Waals surface area contributed by atoms with Crippen molar-refractivity contribution >= 4 is 15.8 Å². The zero-order chi connectivity index (χ0) is 13.2. The maximum Gasteiger partial charge on any atom is 0.307 e. The third-order valence-corrected chi connectivity index (χ3v) is 3.20. The van der Waals surface area contributed by atoms with Gasteiger partial charge in [-0.1, -0.05) is 6.07 Å². The zero-order valence-corrected chi connectivity index (χ0v) is 10.0.